The van der Waals surface area contributed by atoms with E-state index in [0.717, 1.165) is 29.0 Å². The fourth-order valence-electron chi connectivity index (χ4n) is 5.28. The molecule has 190 valence electrons. The maximum absolute atomic E-state index is 5.14. The Hall–Kier alpha value is -3.69. The normalized spacial score (nSPS) is 12.2. The molecule has 0 saturated heterocycles. The van der Waals surface area contributed by atoms with Crippen LogP contribution in [0.25, 0.3) is 49.3 Å². The van der Waals surface area contributed by atoms with Crippen molar-refractivity contribution in [2.45, 2.75) is 46.5 Å². The van der Waals surface area contributed by atoms with Gasteiger partial charge < -0.3 is 0 Å². The number of aromatic nitrogens is 2. The number of thiophene rings is 1. The van der Waals surface area contributed by atoms with Gasteiger partial charge in [0.25, 0.3) is 0 Å². The zero-order valence-corrected chi connectivity index (χ0v) is 23.6. The highest BCUT2D eigenvalue weighted by molar-refractivity contribution is 7.17. The van der Waals surface area contributed by atoms with Crippen LogP contribution in [0, 0.1) is 5.92 Å². The van der Waals surface area contributed by atoms with Gasteiger partial charge in [0.1, 0.15) is 5.82 Å². The van der Waals surface area contributed by atoms with E-state index in [4.69, 9.17) is 4.98 Å². The van der Waals surface area contributed by atoms with Crippen LogP contribution in [0.4, 0.5) is 0 Å². The van der Waals surface area contributed by atoms with Crippen molar-refractivity contribution in [3.05, 3.63) is 108 Å². The molecule has 0 fully saturated rings. The van der Waals surface area contributed by atoms with Crippen LogP contribution in [0.5, 0.6) is 0 Å². The Bertz CT molecular complexity index is 1730. The van der Waals surface area contributed by atoms with E-state index in [1.54, 1.807) is 0 Å². The van der Waals surface area contributed by atoms with Crippen LogP contribution in [-0.4, -0.2) is 9.55 Å². The molecule has 6 rings (SSSR count). The van der Waals surface area contributed by atoms with Crippen LogP contribution >= 0.6 is 11.3 Å². The number of hydrogen-bond acceptors (Lipinski definition) is 2. The Morgan fingerprint density at radius 1 is 0.816 bits per heavy atom. The Labute approximate surface area is 229 Å². The Balaban J connectivity index is 1.43. The maximum atomic E-state index is 5.14. The molecule has 0 aliphatic carbocycles. The standard InChI is InChI=1S/C35H34N2S/c1-23(2)20-24-10-19-29-30(22-38-33(29)21-24)34-36-31-8-6-7-9-32(31)37(34)28-17-13-26(14-18-28)25-11-15-27(16-12-25)35(3,4)5/h6-19,21-23H,20H2,1-5H3. The number of imidazole rings is 1. The van der Waals surface area contributed by atoms with Gasteiger partial charge in [-0.25, -0.2) is 4.98 Å². The first-order chi connectivity index (χ1) is 18.3. The third-order valence-electron chi connectivity index (χ3n) is 7.30. The van der Waals surface area contributed by atoms with Crippen molar-refractivity contribution in [1.82, 2.24) is 9.55 Å². The summed E-state index contributed by atoms with van der Waals surface area (Å²) >= 11 is 1.81. The summed E-state index contributed by atoms with van der Waals surface area (Å²) in [5, 5.41) is 3.54. The molecule has 0 spiro atoms. The Kier molecular flexibility index (Phi) is 6.20. The fraction of sp³-hybridized carbons (Fsp3) is 0.229. The number of rotatable bonds is 5. The third kappa shape index (κ3) is 4.56. The molecule has 3 heteroatoms. The van der Waals surface area contributed by atoms with Crippen LogP contribution in [0.3, 0.4) is 0 Å². The molecule has 38 heavy (non-hydrogen) atoms. The largest absolute Gasteiger partial charge is 0.292 e. The second kappa shape index (κ2) is 9.56. The quantitative estimate of drug-likeness (QED) is 0.224. The van der Waals surface area contributed by atoms with Crippen molar-refractivity contribution < 1.29 is 0 Å². The van der Waals surface area contributed by atoms with Crippen LogP contribution in [0.1, 0.15) is 45.7 Å². The first-order valence-corrected chi connectivity index (χ1v) is 14.4. The van der Waals surface area contributed by atoms with Gasteiger partial charge in [0.05, 0.1) is 11.0 Å². The molecule has 2 heterocycles. The molecule has 2 aromatic heterocycles. The maximum Gasteiger partial charge on any atom is 0.147 e. The van der Waals surface area contributed by atoms with E-state index in [9.17, 15) is 0 Å². The van der Waals surface area contributed by atoms with Gasteiger partial charge in [-0.3, -0.25) is 4.57 Å². The lowest BCUT2D eigenvalue weighted by molar-refractivity contribution is 0.590. The molecule has 0 N–H and O–H groups in total. The van der Waals surface area contributed by atoms with Crippen molar-refractivity contribution in [3.8, 4) is 28.2 Å². The summed E-state index contributed by atoms with van der Waals surface area (Å²) in [6.45, 7) is 11.3. The molecule has 0 aliphatic heterocycles. The van der Waals surface area contributed by atoms with E-state index in [1.807, 2.05) is 11.3 Å². The minimum absolute atomic E-state index is 0.156. The summed E-state index contributed by atoms with van der Waals surface area (Å²) in [6, 6.07) is 33.2. The lowest BCUT2D eigenvalue weighted by atomic mass is 9.86. The molecular formula is C35H34N2S. The number of fused-ring (bicyclic) bond motifs is 2. The summed E-state index contributed by atoms with van der Waals surface area (Å²) in [5.41, 5.74) is 9.83. The number of para-hydroxylation sites is 2. The minimum Gasteiger partial charge on any atom is -0.292 e. The molecule has 0 unspecified atom stereocenters. The second-order valence-electron chi connectivity index (χ2n) is 11.7. The highest BCUT2D eigenvalue weighted by atomic mass is 32.1. The molecule has 0 saturated carbocycles. The minimum atomic E-state index is 0.156. The predicted molar refractivity (Wildman–Crippen MR) is 165 cm³/mol. The van der Waals surface area contributed by atoms with E-state index in [1.165, 1.54) is 37.9 Å². The summed E-state index contributed by atoms with van der Waals surface area (Å²) in [7, 11) is 0. The molecule has 0 radical (unpaired) electrons. The fourth-order valence-corrected chi connectivity index (χ4v) is 6.28. The van der Waals surface area contributed by atoms with Gasteiger partial charge in [0.2, 0.25) is 0 Å². The molecule has 2 nitrogen and oxygen atoms in total. The first-order valence-electron chi connectivity index (χ1n) is 13.5. The topological polar surface area (TPSA) is 17.8 Å². The van der Waals surface area contributed by atoms with Gasteiger partial charge in [-0.05, 0) is 70.3 Å². The zero-order valence-electron chi connectivity index (χ0n) is 22.8. The number of hydrogen-bond donors (Lipinski definition) is 0. The highest BCUT2D eigenvalue weighted by Gasteiger charge is 2.18. The van der Waals surface area contributed by atoms with E-state index in [-0.39, 0.29) is 5.41 Å². The SMILES string of the molecule is CC(C)Cc1ccc2c(-c3nc4ccccc4n3-c3ccc(-c4ccc(C(C)(C)C)cc4)cc3)csc2c1. The lowest BCUT2D eigenvalue weighted by Crippen LogP contribution is -2.10. The van der Waals surface area contributed by atoms with Gasteiger partial charge in [-0.1, -0.05) is 95.3 Å². The average molecular weight is 515 g/mol. The Morgan fingerprint density at radius 2 is 1.50 bits per heavy atom. The van der Waals surface area contributed by atoms with Crippen LogP contribution < -0.4 is 0 Å². The van der Waals surface area contributed by atoms with Crippen molar-refractivity contribution in [2.24, 2.45) is 5.92 Å². The summed E-state index contributed by atoms with van der Waals surface area (Å²) in [4.78, 5) is 5.14. The third-order valence-corrected chi connectivity index (χ3v) is 8.24. The van der Waals surface area contributed by atoms with Crippen LogP contribution in [0.2, 0.25) is 0 Å². The van der Waals surface area contributed by atoms with Crippen molar-refractivity contribution in [3.63, 3.8) is 0 Å². The van der Waals surface area contributed by atoms with Crippen molar-refractivity contribution >= 4 is 32.5 Å². The van der Waals surface area contributed by atoms with E-state index in [0.29, 0.717) is 5.92 Å². The molecule has 0 amide bonds. The molecular weight excluding hydrogens is 480 g/mol. The van der Waals surface area contributed by atoms with Gasteiger partial charge in [0.15, 0.2) is 0 Å². The monoisotopic (exact) mass is 514 g/mol. The first kappa shape index (κ1) is 24.6. The summed E-state index contributed by atoms with van der Waals surface area (Å²) in [6.07, 6.45) is 1.10. The molecule has 0 aliphatic rings. The number of benzene rings is 4. The number of nitrogens with zero attached hydrogens (tertiary/aromatic N) is 2. The van der Waals surface area contributed by atoms with Crippen LogP contribution in [-0.2, 0) is 11.8 Å². The van der Waals surface area contributed by atoms with Crippen molar-refractivity contribution in [2.75, 3.05) is 0 Å². The predicted octanol–water partition coefficient (Wildman–Crippen LogP) is 10.1. The van der Waals surface area contributed by atoms with Gasteiger partial charge in [0, 0.05) is 26.7 Å². The lowest BCUT2D eigenvalue weighted by Gasteiger charge is -2.19. The molecule has 0 atom stereocenters. The van der Waals surface area contributed by atoms with Gasteiger partial charge in [-0.2, -0.15) is 0 Å². The van der Waals surface area contributed by atoms with Gasteiger partial charge in [-0.15, -0.1) is 11.3 Å². The second-order valence-corrected chi connectivity index (χ2v) is 12.6. The van der Waals surface area contributed by atoms with Crippen molar-refractivity contribution in [1.29, 1.82) is 0 Å². The smallest absolute Gasteiger partial charge is 0.147 e. The van der Waals surface area contributed by atoms with E-state index in [2.05, 4.69) is 136 Å². The van der Waals surface area contributed by atoms with E-state index >= 15 is 0 Å². The summed E-state index contributed by atoms with van der Waals surface area (Å²) < 4.78 is 3.64. The average Bonchev–Trinajstić information content (AvgIpc) is 3.49. The zero-order chi connectivity index (χ0) is 26.4. The van der Waals surface area contributed by atoms with Gasteiger partial charge >= 0.3 is 0 Å². The highest BCUT2D eigenvalue weighted by Crippen LogP contribution is 2.38. The molecule has 0 bridgehead atoms. The molecule has 6 aromatic rings. The van der Waals surface area contributed by atoms with E-state index < -0.39 is 0 Å². The summed E-state index contributed by atoms with van der Waals surface area (Å²) in [5.74, 6) is 1.65. The van der Waals surface area contributed by atoms with Crippen LogP contribution in [0.15, 0.2) is 96.4 Å². The molecule has 4 aromatic carbocycles. The Morgan fingerprint density at radius 3 is 2.18 bits per heavy atom.